The highest BCUT2D eigenvalue weighted by Gasteiger charge is 2.36. The maximum Gasteiger partial charge on any atom is 0.131 e. The second kappa shape index (κ2) is 5.35. The largest absolute Gasteiger partial charge is 0.489 e. The number of benzene rings is 2. The Morgan fingerprint density at radius 2 is 1.96 bits per heavy atom. The fourth-order valence-electron chi connectivity index (χ4n) is 5.02. The van der Waals surface area contributed by atoms with E-state index in [1.165, 1.54) is 53.9 Å². The Labute approximate surface area is 144 Å². The molecule has 0 fully saturated rings. The zero-order chi connectivity index (χ0) is 16.3. The van der Waals surface area contributed by atoms with Crippen LogP contribution in [0.2, 0.25) is 0 Å². The van der Waals surface area contributed by atoms with Gasteiger partial charge in [0.05, 0.1) is 0 Å². The number of ether oxygens (including phenoxy) is 1. The summed E-state index contributed by atoms with van der Waals surface area (Å²) in [5.74, 6) is 1.17. The van der Waals surface area contributed by atoms with Crippen LogP contribution < -0.4 is 4.74 Å². The maximum absolute atomic E-state index is 6.25. The molecule has 0 radical (unpaired) electrons. The number of hydrogen-bond acceptors (Lipinski definition) is 2. The van der Waals surface area contributed by atoms with Crippen molar-refractivity contribution in [1.29, 1.82) is 0 Å². The van der Waals surface area contributed by atoms with Gasteiger partial charge in [0.25, 0.3) is 0 Å². The molecule has 1 aliphatic carbocycles. The van der Waals surface area contributed by atoms with Gasteiger partial charge in [0, 0.05) is 24.6 Å². The van der Waals surface area contributed by atoms with Crippen molar-refractivity contribution in [3.8, 4) is 16.9 Å². The summed E-state index contributed by atoms with van der Waals surface area (Å²) in [5, 5.41) is 0. The van der Waals surface area contributed by atoms with Crippen molar-refractivity contribution in [2.24, 2.45) is 0 Å². The summed E-state index contributed by atoms with van der Waals surface area (Å²) in [5.41, 5.74) is 8.83. The van der Waals surface area contributed by atoms with Gasteiger partial charge in [0.1, 0.15) is 11.9 Å². The van der Waals surface area contributed by atoms with E-state index in [-0.39, 0.29) is 0 Å². The summed E-state index contributed by atoms with van der Waals surface area (Å²) in [6.07, 6.45) is 4.89. The molecule has 24 heavy (non-hydrogen) atoms. The lowest BCUT2D eigenvalue weighted by Gasteiger charge is -2.42. The van der Waals surface area contributed by atoms with Crippen LogP contribution in [0.15, 0.2) is 30.3 Å². The normalized spacial score (nSPS) is 24.1. The molecular weight excluding hydrogens is 294 g/mol. The Bertz CT molecular complexity index is 810. The molecule has 5 rings (SSSR count). The summed E-state index contributed by atoms with van der Waals surface area (Å²) >= 11 is 0. The van der Waals surface area contributed by atoms with E-state index >= 15 is 0 Å². The van der Waals surface area contributed by atoms with Crippen molar-refractivity contribution in [2.75, 3.05) is 13.1 Å². The van der Waals surface area contributed by atoms with Gasteiger partial charge in [0.2, 0.25) is 0 Å². The molecule has 0 amide bonds. The monoisotopic (exact) mass is 319 g/mol. The number of fused-ring (bicyclic) bond motifs is 4. The number of rotatable bonds is 2. The van der Waals surface area contributed by atoms with Crippen LogP contribution in [0.25, 0.3) is 11.1 Å². The van der Waals surface area contributed by atoms with Crippen molar-refractivity contribution in [1.82, 2.24) is 4.90 Å². The predicted molar refractivity (Wildman–Crippen MR) is 97.7 cm³/mol. The quantitative estimate of drug-likeness (QED) is 0.805. The van der Waals surface area contributed by atoms with Crippen LogP contribution in [0, 0.1) is 0 Å². The number of hydrogen-bond donors (Lipinski definition) is 0. The van der Waals surface area contributed by atoms with Crippen LogP contribution >= 0.6 is 0 Å². The summed E-state index contributed by atoms with van der Waals surface area (Å²) < 4.78 is 6.25. The lowest BCUT2D eigenvalue weighted by Crippen LogP contribution is -2.38. The third-order valence-electron chi connectivity index (χ3n) is 5.98. The second-order valence-electron chi connectivity index (χ2n) is 7.60. The molecule has 0 saturated heterocycles. The first-order valence-corrected chi connectivity index (χ1v) is 9.44. The Kier molecular flexibility index (Phi) is 3.24. The van der Waals surface area contributed by atoms with E-state index in [9.17, 15) is 0 Å². The van der Waals surface area contributed by atoms with Gasteiger partial charge < -0.3 is 4.74 Å². The summed E-state index contributed by atoms with van der Waals surface area (Å²) in [6.45, 7) is 6.87. The summed E-state index contributed by atoms with van der Waals surface area (Å²) in [6, 6.07) is 12.1. The van der Waals surface area contributed by atoms with Gasteiger partial charge >= 0.3 is 0 Å². The van der Waals surface area contributed by atoms with Crippen LogP contribution in [-0.4, -0.2) is 24.1 Å². The lowest BCUT2D eigenvalue weighted by molar-refractivity contribution is 0.182. The molecule has 0 bridgehead atoms. The van der Waals surface area contributed by atoms with Gasteiger partial charge in [-0.15, -0.1) is 0 Å². The van der Waals surface area contributed by atoms with E-state index in [1.807, 2.05) is 0 Å². The molecule has 2 heteroatoms. The van der Waals surface area contributed by atoms with Crippen molar-refractivity contribution in [3.63, 3.8) is 0 Å². The highest BCUT2D eigenvalue weighted by Crippen LogP contribution is 2.50. The van der Waals surface area contributed by atoms with E-state index in [4.69, 9.17) is 4.74 Å². The number of nitrogens with zero attached hydrogens (tertiary/aromatic N) is 1. The SMILES string of the molecule is CCCN1CCc2cccc3c2[C@H]1Cc1ccc2c(c1-3)OC(C)C2. The molecule has 124 valence electrons. The van der Waals surface area contributed by atoms with Gasteiger partial charge in [0.15, 0.2) is 0 Å². The molecule has 2 nitrogen and oxygen atoms in total. The van der Waals surface area contributed by atoms with Crippen molar-refractivity contribution in [2.45, 2.75) is 51.7 Å². The molecule has 1 unspecified atom stereocenters. The third kappa shape index (κ3) is 1.99. The van der Waals surface area contributed by atoms with Gasteiger partial charge in [-0.2, -0.15) is 0 Å². The fourth-order valence-corrected chi connectivity index (χ4v) is 5.02. The molecule has 0 N–H and O–H groups in total. The fraction of sp³-hybridized carbons (Fsp3) is 0.455. The average Bonchev–Trinajstić information content (AvgIpc) is 2.97. The van der Waals surface area contributed by atoms with Crippen LogP contribution in [0.1, 0.15) is 48.6 Å². The first kappa shape index (κ1) is 14.5. The maximum atomic E-state index is 6.25. The first-order chi connectivity index (χ1) is 11.8. The molecule has 3 aliphatic rings. The van der Waals surface area contributed by atoms with E-state index in [0.29, 0.717) is 12.1 Å². The van der Waals surface area contributed by atoms with Crippen molar-refractivity contribution in [3.05, 3.63) is 52.6 Å². The van der Waals surface area contributed by atoms with Gasteiger partial charge in [-0.3, -0.25) is 4.90 Å². The first-order valence-electron chi connectivity index (χ1n) is 9.44. The molecular formula is C22H25NO. The van der Waals surface area contributed by atoms with E-state index < -0.39 is 0 Å². The standard InChI is InChI=1S/C22H25NO/c1-3-10-23-11-9-15-5-4-6-18-20(15)19(23)13-16-7-8-17-12-14(2)24-22(17)21(16)18/h4-8,14,19H,3,9-13H2,1-2H3/t14?,19-/m1/s1. The highest BCUT2D eigenvalue weighted by atomic mass is 16.5. The van der Waals surface area contributed by atoms with Gasteiger partial charge in [-0.1, -0.05) is 37.3 Å². The summed E-state index contributed by atoms with van der Waals surface area (Å²) in [4.78, 5) is 2.70. The van der Waals surface area contributed by atoms with Gasteiger partial charge in [-0.05, 0) is 60.5 Å². The van der Waals surface area contributed by atoms with Crippen LogP contribution in [-0.2, 0) is 19.3 Å². The lowest BCUT2D eigenvalue weighted by atomic mass is 9.76. The molecule has 2 atom stereocenters. The minimum absolute atomic E-state index is 0.306. The Balaban J connectivity index is 1.72. The van der Waals surface area contributed by atoms with E-state index in [0.717, 1.165) is 12.8 Å². The Morgan fingerprint density at radius 1 is 1.08 bits per heavy atom. The molecule has 2 aromatic rings. The molecule has 0 aromatic heterocycles. The van der Waals surface area contributed by atoms with Crippen LogP contribution in [0.4, 0.5) is 0 Å². The van der Waals surface area contributed by atoms with Gasteiger partial charge in [-0.25, -0.2) is 0 Å². The third-order valence-corrected chi connectivity index (χ3v) is 5.98. The van der Waals surface area contributed by atoms with E-state index in [1.54, 1.807) is 11.1 Å². The molecule has 2 aromatic carbocycles. The minimum atomic E-state index is 0.306. The zero-order valence-corrected chi connectivity index (χ0v) is 14.6. The van der Waals surface area contributed by atoms with Crippen LogP contribution in [0.5, 0.6) is 5.75 Å². The van der Waals surface area contributed by atoms with Crippen molar-refractivity contribution >= 4 is 0 Å². The predicted octanol–water partition coefficient (Wildman–Crippen LogP) is 4.54. The van der Waals surface area contributed by atoms with Crippen molar-refractivity contribution < 1.29 is 4.74 Å². The van der Waals surface area contributed by atoms with E-state index in [2.05, 4.69) is 49.1 Å². The second-order valence-corrected chi connectivity index (χ2v) is 7.60. The molecule has 2 aliphatic heterocycles. The topological polar surface area (TPSA) is 12.5 Å². The molecule has 0 saturated carbocycles. The zero-order valence-electron chi connectivity index (χ0n) is 14.6. The molecule has 0 spiro atoms. The summed E-state index contributed by atoms with van der Waals surface area (Å²) in [7, 11) is 0. The highest BCUT2D eigenvalue weighted by molar-refractivity contribution is 5.82. The van der Waals surface area contributed by atoms with Crippen LogP contribution in [0.3, 0.4) is 0 Å². The Hall–Kier alpha value is -1.80. The smallest absolute Gasteiger partial charge is 0.131 e. The minimum Gasteiger partial charge on any atom is -0.489 e. The molecule has 2 heterocycles. The average molecular weight is 319 g/mol. The Morgan fingerprint density at radius 3 is 2.83 bits per heavy atom.